The molecule has 3 rings (SSSR count). The van der Waals surface area contributed by atoms with Gasteiger partial charge in [0.1, 0.15) is 11.5 Å². The van der Waals surface area contributed by atoms with Gasteiger partial charge in [0.25, 0.3) is 5.91 Å². The molecule has 0 bridgehead atoms. The first-order valence-electron chi connectivity index (χ1n) is 8.37. The molecule has 1 atom stereocenters. The molecule has 27 heavy (non-hydrogen) atoms. The first-order chi connectivity index (χ1) is 12.9. The molecule has 1 fully saturated rings. The number of hydrogen-bond acceptors (Lipinski definition) is 4. The number of piperidine rings is 1. The van der Waals surface area contributed by atoms with E-state index in [-0.39, 0.29) is 18.1 Å². The summed E-state index contributed by atoms with van der Waals surface area (Å²) in [5.74, 6) is -1.71. The molecule has 7 nitrogen and oxygen atoms in total. The van der Waals surface area contributed by atoms with Gasteiger partial charge in [-0.1, -0.05) is 0 Å². The zero-order valence-corrected chi connectivity index (χ0v) is 14.2. The maximum Gasteiger partial charge on any atom is 0.419 e. The molecule has 2 aromatic rings. The zero-order chi connectivity index (χ0) is 19.4. The van der Waals surface area contributed by atoms with Crippen molar-refractivity contribution in [3.8, 4) is 0 Å². The van der Waals surface area contributed by atoms with Crippen LogP contribution in [0.2, 0.25) is 0 Å². The number of amides is 2. The van der Waals surface area contributed by atoms with Crippen molar-refractivity contribution in [2.75, 3.05) is 18.0 Å². The lowest BCUT2D eigenvalue weighted by atomic mass is 9.97. The van der Waals surface area contributed by atoms with Crippen LogP contribution in [0.1, 0.15) is 28.9 Å². The molecule has 2 aromatic heterocycles. The van der Waals surface area contributed by atoms with E-state index < -0.39 is 29.5 Å². The molecule has 0 radical (unpaired) electrons. The third-order valence-electron chi connectivity index (χ3n) is 4.33. The molecule has 0 spiro atoms. The molecule has 144 valence electrons. The van der Waals surface area contributed by atoms with E-state index in [2.05, 4.69) is 20.8 Å². The van der Waals surface area contributed by atoms with Gasteiger partial charge in [-0.3, -0.25) is 20.4 Å². The van der Waals surface area contributed by atoms with Crippen LogP contribution in [-0.2, 0) is 11.0 Å². The number of pyridine rings is 1. The molecule has 0 saturated carbocycles. The van der Waals surface area contributed by atoms with Crippen molar-refractivity contribution in [1.29, 1.82) is 0 Å². The fourth-order valence-electron chi connectivity index (χ4n) is 3.01. The van der Waals surface area contributed by atoms with Crippen molar-refractivity contribution in [3.05, 3.63) is 47.9 Å². The summed E-state index contributed by atoms with van der Waals surface area (Å²) in [6.07, 6.45) is -0.611. The van der Waals surface area contributed by atoms with Crippen LogP contribution in [0.25, 0.3) is 0 Å². The quantitative estimate of drug-likeness (QED) is 0.711. The highest BCUT2D eigenvalue weighted by molar-refractivity contribution is 5.94. The Morgan fingerprint density at radius 1 is 1.22 bits per heavy atom. The molecular formula is C17H18F3N5O2. The van der Waals surface area contributed by atoms with E-state index in [9.17, 15) is 22.8 Å². The molecule has 2 amide bonds. The number of hydrazine groups is 1. The van der Waals surface area contributed by atoms with E-state index in [1.54, 1.807) is 18.3 Å². The molecule has 1 aliphatic rings. The molecular weight excluding hydrogens is 363 g/mol. The maximum atomic E-state index is 13.2. The molecule has 1 unspecified atom stereocenters. The third-order valence-corrected chi connectivity index (χ3v) is 4.33. The van der Waals surface area contributed by atoms with Gasteiger partial charge in [-0.2, -0.15) is 13.2 Å². The second-order valence-corrected chi connectivity index (χ2v) is 6.18. The van der Waals surface area contributed by atoms with Crippen LogP contribution in [0.4, 0.5) is 19.0 Å². The lowest BCUT2D eigenvalue weighted by Crippen LogP contribution is -2.49. The fraction of sp³-hybridized carbons (Fsp3) is 0.353. The van der Waals surface area contributed by atoms with Crippen LogP contribution in [0, 0.1) is 5.92 Å². The number of nitrogens with one attached hydrogen (secondary N) is 3. The van der Waals surface area contributed by atoms with Gasteiger partial charge in [-0.05, 0) is 37.1 Å². The summed E-state index contributed by atoms with van der Waals surface area (Å²) in [7, 11) is 0. The summed E-state index contributed by atoms with van der Waals surface area (Å²) in [5, 5.41) is 0. The zero-order valence-electron chi connectivity index (χ0n) is 14.2. The largest absolute Gasteiger partial charge is 0.419 e. The minimum Gasteiger partial charge on any atom is -0.357 e. The molecule has 10 heteroatoms. The normalized spacial score (nSPS) is 17.4. The number of anilines is 1. The van der Waals surface area contributed by atoms with Gasteiger partial charge < -0.3 is 9.88 Å². The topological polar surface area (TPSA) is 90.1 Å². The summed E-state index contributed by atoms with van der Waals surface area (Å²) in [5.41, 5.74) is 4.07. The summed E-state index contributed by atoms with van der Waals surface area (Å²) >= 11 is 0. The van der Waals surface area contributed by atoms with E-state index in [1.165, 1.54) is 17.2 Å². The van der Waals surface area contributed by atoms with Crippen molar-refractivity contribution < 1.29 is 22.8 Å². The second kappa shape index (κ2) is 7.68. The molecule has 1 saturated heterocycles. The predicted octanol–water partition coefficient (Wildman–Crippen LogP) is 2.11. The fourth-order valence-corrected chi connectivity index (χ4v) is 3.01. The standard InChI is InChI=1S/C17H18F3N5O2/c18-17(19,20)12-5-1-8-22-14(12)25-9-3-4-11(10-25)15(26)23-24-16(27)13-6-2-7-21-13/h1-2,5-8,11,21H,3-4,9-10H2,(H,23,26)(H,24,27). The van der Waals surface area contributed by atoms with Crippen LogP contribution in [-0.4, -0.2) is 34.9 Å². The average molecular weight is 381 g/mol. The number of hydrogen-bond donors (Lipinski definition) is 3. The first kappa shape index (κ1) is 18.7. The molecule has 0 aromatic carbocycles. The lowest BCUT2D eigenvalue weighted by Gasteiger charge is -2.34. The number of aromatic amines is 1. The monoisotopic (exact) mass is 381 g/mol. The first-order valence-corrected chi connectivity index (χ1v) is 8.37. The predicted molar refractivity (Wildman–Crippen MR) is 90.6 cm³/mol. The van der Waals surface area contributed by atoms with Gasteiger partial charge >= 0.3 is 6.18 Å². The van der Waals surface area contributed by atoms with E-state index in [0.29, 0.717) is 19.4 Å². The van der Waals surface area contributed by atoms with E-state index in [4.69, 9.17) is 0 Å². The summed E-state index contributed by atoms with van der Waals surface area (Å²) in [6, 6.07) is 5.39. The van der Waals surface area contributed by atoms with Crippen LogP contribution in [0.5, 0.6) is 0 Å². The van der Waals surface area contributed by atoms with Crippen molar-refractivity contribution >= 4 is 17.6 Å². The average Bonchev–Trinajstić information content (AvgIpc) is 3.20. The van der Waals surface area contributed by atoms with Crippen LogP contribution >= 0.6 is 0 Å². The maximum absolute atomic E-state index is 13.2. The number of rotatable bonds is 3. The van der Waals surface area contributed by atoms with Crippen molar-refractivity contribution in [3.63, 3.8) is 0 Å². The number of H-pyrrole nitrogens is 1. The van der Waals surface area contributed by atoms with Crippen LogP contribution in [0.15, 0.2) is 36.7 Å². The number of carbonyl (C=O) groups excluding carboxylic acids is 2. The Kier molecular flexibility index (Phi) is 5.33. The Hall–Kier alpha value is -3.04. The number of carbonyl (C=O) groups is 2. The van der Waals surface area contributed by atoms with E-state index in [0.717, 1.165) is 6.07 Å². The van der Waals surface area contributed by atoms with Crippen LogP contribution in [0.3, 0.4) is 0 Å². The number of alkyl halides is 3. The highest BCUT2D eigenvalue weighted by atomic mass is 19.4. The Bertz CT molecular complexity index is 807. The van der Waals surface area contributed by atoms with Gasteiger partial charge in [0.05, 0.1) is 11.5 Å². The van der Waals surface area contributed by atoms with E-state index in [1.807, 2.05) is 0 Å². The van der Waals surface area contributed by atoms with Gasteiger partial charge in [-0.25, -0.2) is 4.98 Å². The number of halogens is 3. The van der Waals surface area contributed by atoms with Crippen LogP contribution < -0.4 is 15.8 Å². The highest BCUT2D eigenvalue weighted by Gasteiger charge is 2.37. The summed E-state index contributed by atoms with van der Waals surface area (Å²) in [6.45, 7) is 0.461. The Morgan fingerprint density at radius 2 is 2.04 bits per heavy atom. The second-order valence-electron chi connectivity index (χ2n) is 6.18. The molecule has 3 heterocycles. The minimum atomic E-state index is -4.52. The molecule has 3 N–H and O–H groups in total. The summed E-state index contributed by atoms with van der Waals surface area (Å²) in [4.78, 5) is 32.2. The van der Waals surface area contributed by atoms with Crippen molar-refractivity contribution in [1.82, 2.24) is 20.8 Å². The van der Waals surface area contributed by atoms with E-state index >= 15 is 0 Å². The minimum absolute atomic E-state index is 0.0876. The SMILES string of the molecule is O=C(NNC(=O)C1CCCN(c2ncccc2C(F)(F)F)C1)c1ccc[nH]1. The Balaban J connectivity index is 1.64. The van der Waals surface area contributed by atoms with Crippen molar-refractivity contribution in [2.24, 2.45) is 5.92 Å². The Labute approximate surface area is 152 Å². The third kappa shape index (κ3) is 4.39. The number of aromatic nitrogens is 2. The van der Waals surface area contributed by atoms with Gasteiger partial charge in [-0.15, -0.1) is 0 Å². The highest BCUT2D eigenvalue weighted by Crippen LogP contribution is 2.36. The lowest BCUT2D eigenvalue weighted by molar-refractivity contribution is -0.137. The Morgan fingerprint density at radius 3 is 2.74 bits per heavy atom. The molecule has 1 aliphatic heterocycles. The van der Waals surface area contributed by atoms with Gasteiger partial charge in [0.2, 0.25) is 5.91 Å². The van der Waals surface area contributed by atoms with Gasteiger partial charge in [0, 0.05) is 25.5 Å². The van der Waals surface area contributed by atoms with Gasteiger partial charge in [0.15, 0.2) is 0 Å². The smallest absolute Gasteiger partial charge is 0.357 e. The van der Waals surface area contributed by atoms with Crippen molar-refractivity contribution in [2.45, 2.75) is 19.0 Å². The summed E-state index contributed by atoms with van der Waals surface area (Å²) < 4.78 is 39.6. The number of nitrogens with zero attached hydrogens (tertiary/aromatic N) is 2. The molecule has 0 aliphatic carbocycles.